The molecule has 2 aromatic rings. The Kier molecular flexibility index (Phi) is 3.71. The smallest absolute Gasteiger partial charge is 0.328 e. The highest BCUT2D eigenvalue weighted by Crippen LogP contribution is 2.33. The van der Waals surface area contributed by atoms with Gasteiger partial charge in [0, 0.05) is 24.0 Å². The van der Waals surface area contributed by atoms with E-state index in [1.165, 1.54) is 4.57 Å². The number of Topliss-reactive ketones (excluding diaryl/α,β-unsaturated/α-hetero) is 1. The largest absolute Gasteiger partial charge is 0.496 e. The zero-order valence-corrected chi connectivity index (χ0v) is 13.2. The van der Waals surface area contributed by atoms with Crippen molar-refractivity contribution < 1.29 is 9.53 Å². The van der Waals surface area contributed by atoms with Gasteiger partial charge >= 0.3 is 5.69 Å². The van der Waals surface area contributed by atoms with E-state index in [0.29, 0.717) is 17.4 Å². The minimum atomic E-state index is -0.113. The predicted octanol–water partition coefficient (Wildman–Crippen LogP) is 2.64. The standard InChI is InChI=1S/C15H15BrN2O3/c1-21-14-5-2-10(8-12(14)16)13(19)9-17-6-7-18(15(17)20)11-3-4-11/h2,5-8,11H,3-4,9H2,1H3. The molecular formula is C15H15BrN2O3. The van der Waals surface area contributed by atoms with E-state index in [4.69, 9.17) is 4.74 Å². The van der Waals surface area contributed by atoms with Crippen LogP contribution in [0.1, 0.15) is 29.2 Å². The van der Waals surface area contributed by atoms with Crippen molar-refractivity contribution in [3.05, 3.63) is 51.1 Å². The number of benzene rings is 1. The summed E-state index contributed by atoms with van der Waals surface area (Å²) in [5.74, 6) is 0.567. The number of methoxy groups -OCH3 is 1. The maximum absolute atomic E-state index is 12.3. The number of hydrogen-bond acceptors (Lipinski definition) is 3. The summed E-state index contributed by atoms with van der Waals surface area (Å²) in [5.41, 5.74) is 0.437. The minimum absolute atomic E-state index is 0.0529. The molecule has 1 saturated carbocycles. The molecule has 0 unspecified atom stereocenters. The lowest BCUT2D eigenvalue weighted by Gasteiger charge is -2.06. The van der Waals surface area contributed by atoms with Gasteiger partial charge in [-0.1, -0.05) is 0 Å². The van der Waals surface area contributed by atoms with Crippen molar-refractivity contribution in [1.82, 2.24) is 9.13 Å². The Morgan fingerprint density at radius 1 is 1.38 bits per heavy atom. The van der Waals surface area contributed by atoms with Crippen LogP contribution in [0.25, 0.3) is 0 Å². The molecule has 21 heavy (non-hydrogen) atoms. The van der Waals surface area contributed by atoms with Crippen LogP contribution in [0, 0.1) is 0 Å². The van der Waals surface area contributed by atoms with Crippen molar-refractivity contribution in [2.45, 2.75) is 25.4 Å². The van der Waals surface area contributed by atoms with E-state index in [-0.39, 0.29) is 18.0 Å². The predicted molar refractivity (Wildman–Crippen MR) is 82.0 cm³/mol. The third-order valence-electron chi connectivity index (χ3n) is 3.60. The van der Waals surface area contributed by atoms with Gasteiger partial charge in [-0.15, -0.1) is 0 Å². The zero-order chi connectivity index (χ0) is 15.0. The normalized spacial score (nSPS) is 14.2. The highest BCUT2D eigenvalue weighted by molar-refractivity contribution is 9.10. The van der Waals surface area contributed by atoms with Crippen molar-refractivity contribution in [3.8, 4) is 5.75 Å². The lowest BCUT2D eigenvalue weighted by molar-refractivity contribution is 0.0970. The summed E-state index contributed by atoms with van der Waals surface area (Å²) in [6, 6.07) is 5.47. The van der Waals surface area contributed by atoms with Crippen LogP contribution in [-0.4, -0.2) is 22.0 Å². The first-order valence-corrected chi connectivity index (χ1v) is 7.53. The molecule has 1 aliphatic carbocycles. The summed E-state index contributed by atoms with van der Waals surface area (Å²) in [5, 5.41) is 0. The monoisotopic (exact) mass is 350 g/mol. The molecule has 1 aromatic carbocycles. The lowest BCUT2D eigenvalue weighted by atomic mass is 10.1. The molecule has 1 heterocycles. The first-order valence-electron chi connectivity index (χ1n) is 6.74. The van der Waals surface area contributed by atoms with E-state index in [2.05, 4.69) is 15.9 Å². The maximum Gasteiger partial charge on any atom is 0.328 e. The fraction of sp³-hybridized carbons (Fsp3) is 0.333. The van der Waals surface area contributed by atoms with Crippen LogP contribution in [0.3, 0.4) is 0 Å². The minimum Gasteiger partial charge on any atom is -0.496 e. The Bertz CT molecular complexity index is 744. The van der Waals surface area contributed by atoms with Crippen molar-refractivity contribution in [3.63, 3.8) is 0 Å². The molecule has 1 aliphatic rings. The number of ether oxygens (including phenoxy) is 1. The fourth-order valence-corrected chi connectivity index (χ4v) is 2.81. The molecule has 3 rings (SSSR count). The van der Waals surface area contributed by atoms with Crippen LogP contribution in [-0.2, 0) is 6.54 Å². The number of halogens is 1. The third-order valence-corrected chi connectivity index (χ3v) is 4.22. The molecular weight excluding hydrogens is 336 g/mol. The number of ketones is 1. The SMILES string of the molecule is COc1ccc(C(=O)Cn2ccn(C3CC3)c2=O)cc1Br. The summed E-state index contributed by atoms with van der Waals surface area (Å²) in [7, 11) is 1.57. The van der Waals surface area contributed by atoms with Gasteiger partial charge in [0.1, 0.15) is 5.75 Å². The number of nitrogens with zero attached hydrogens (tertiary/aromatic N) is 2. The Balaban J connectivity index is 1.80. The molecule has 0 bridgehead atoms. The van der Waals surface area contributed by atoms with Crippen molar-refractivity contribution >= 4 is 21.7 Å². The second-order valence-electron chi connectivity index (χ2n) is 5.12. The molecule has 0 N–H and O–H groups in total. The van der Waals surface area contributed by atoms with Crippen molar-refractivity contribution in [2.75, 3.05) is 7.11 Å². The Morgan fingerprint density at radius 3 is 2.76 bits per heavy atom. The molecule has 6 heteroatoms. The maximum atomic E-state index is 12.3. The van der Waals surface area contributed by atoms with Crippen LogP contribution in [0.15, 0.2) is 39.9 Å². The molecule has 0 spiro atoms. The second-order valence-corrected chi connectivity index (χ2v) is 5.97. The molecule has 0 atom stereocenters. The summed E-state index contributed by atoms with van der Waals surface area (Å²) in [6.07, 6.45) is 5.53. The van der Waals surface area contributed by atoms with Gasteiger partial charge < -0.3 is 4.74 Å². The topological polar surface area (TPSA) is 53.2 Å². The van der Waals surface area contributed by atoms with Crippen LogP contribution in [0.4, 0.5) is 0 Å². The second kappa shape index (κ2) is 5.52. The molecule has 110 valence electrons. The first-order chi connectivity index (χ1) is 10.1. The summed E-state index contributed by atoms with van der Waals surface area (Å²) >= 11 is 3.36. The number of aromatic nitrogens is 2. The van der Waals surface area contributed by atoms with Gasteiger partial charge in [0.05, 0.1) is 18.1 Å². The van der Waals surface area contributed by atoms with Gasteiger partial charge in [-0.25, -0.2) is 4.79 Å². The molecule has 1 fully saturated rings. The van der Waals surface area contributed by atoms with E-state index in [0.717, 1.165) is 17.3 Å². The van der Waals surface area contributed by atoms with Crippen molar-refractivity contribution in [2.24, 2.45) is 0 Å². The van der Waals surface area contributed by atoms with Gasteiger partial charge in [0.2, 0.25) is 0 Å². The van der Waals surface area contributed by atoms with Gasteiger partial charge in [0.15, 0.2) is 5.78 Å². The molecule has 0 radical (unpaired) electrons. The molecule has 5 nitrogen and oxygen atoms in total. The number of carbonyl (C=O) groups excluding carboxylic acids is 1. The Morgan fingerprint density at radius 2 is 2.14 bits per heavy atom. The van der Waals surface area contributed by atoms with E-state index >= 15 is 0 Å². The highest BCUT2D eigenvalue weighted by atomic mass is 79.9. The van der Waals surface area contributed by atoms with Crippen molar-refractivity contribution in [1.29, 1.82) is 0 Å². The summed E-state index contributed by atoms with van der Waals surface area (Å²) in [6.45, 7) is 0.0529. The molecule has 0 aliphatic heterocycles. The average Bonchev–Trinajstić information content (AvgIpc) is 3.25. The molecule has 0 saturated heterocycles. The highest BCUT2D eigenvalue weighted by Gasteiger charge is 2.25. The van der Waals surface area contributed by atoms with Crippen LogP contribution in [0.5, 0.6) is 5.75 Å². The summed E-state index contributed by atoms with van der Waals surface area (Å²) in [4.78, 5) is 24.4. The van der Waals surface area contributed by atoms with Crippen LogP contribution in [0.2, 0.25) is 0 Å². The number of imidazole rings is 1. The van der Waals surface area contributed by atoms with E-state index in [9.17, 15) is 9.59 Å². The van der Waals surface area contributed by atoms with E-state index < -0.39 is 0 Å². The van der Waals surface area contributed by atoms with Gasteiger partial charge in [-0.05, 0) is 47.0 Å². The molecule has 0 amide bonds. The lowest BCUT2D eigenvalue weighted by Crippen LogP contribution is -2.26. The van der Waals surface area contributed by atoms with Crippen LogP contribution >= 0.6 is 15.9 Å². The quantitative estimate of drug-likeness (QED) is 0.779. The fourth-order valence-electron chi connectivity index (χ4n) is 2.26. The van der Waals surface area contributed by atoms with Gasteiger partial charge in [-0.3, -0.25) is 13.9 Å². The number of carbonyl (C=O) groups is 1. The number of hydrogen-bond donors (Lipinski definition) is 0. The molecule has 1 aromatic heterocycles. The first kappa shape index (κ1) is 14.1. The zero-order valence-electron chi connectivity index (χ0n) is 11.6. The Labute approximate surface area is 130 Å². The van der Waals surface area contributed by atoms with Gasteiger partial charge in [0.25, 0.3) is 0 Å². The summed E-state index contributed by atoms with van der Waals surface area (Å²) < 4.78 is 9.02. The van der Waals surface area contributed by atoms with Gasteiger partial charge in [-0.2, -0.15) is 0 Å². The number of rotatable bonds is 5. The average molecular weight is 351 g/mol. The van der Waals surface area contributed by atoms with E-state index in [1.54, 1.807) is 42.3 Å². The third kappa shape index (κ3) is 2.81. The Hall–Kier alpha value is -1.82. The van der Waals surface area contributed by atoms with E-state index in [1.807, 2.05) is 0 Å². The van der Waals surface area contributed by atoms with Crippen LogP contribution < -0.4 is 10.4 Å².